The molecule has 0 unspecified atom stereocenters. The highest BCUT2D eigenvalue weighted by Gasteiger charge is 2.30. The lowest BCUT2D eigenvalue weighted by atomic mass is 10.0. The monoisotopic (exact) mass is 401 g/mol. The first-order valence-electron chi connectivity index (χ1n) is 9.37. The van der Waals surface area contributed by atoms with Crippen LogP contribution in [-0.2, 0) is 17.7 Å². The SMILES string of the molecule is COC(=O)c1c(NC(=O)c2ccc(N(C)C)cc2)sc2c1CCN(C(C)C)C2. The summed E-state index contributed by atoms with van der Waals surface area (Å²) in [5.74, 6) is -0.622. The van der Waals surface area contributed by atoms with E-state index in [0.717, 1.165) is 35.6 Å². The van der Waals surface area contributed by atoms with Gasteiger partial charge < -0.3 is 15.0 Å². The molecule has 0 saturated heterocycles. The Morgan fingerprint density at radius 1 is 1.21 bits per heavy atom. The smallest absolute Gasteiger partial charge is 0.341 e. The van der Waals surface area contributed by atoms with Crippen LogP contribution in [0.1, 0.15) is 45.0 Å². The van der Waals surface area contributed by atoms with Crippen molar-refractivity contribution in [2.75, 3.05) is 38.0 Å². The molecular formula is C21H27N3O3S. The van der Waals surface area contributed by atoms with E-state index in [0.29, 0.717) is 22.2 Å². The molecule has 1 aliphatic heterocycles. The molecule has 2 heterocycles. The summed E-state index contributed by atoms with van der Waals surface area (Å²) >= 11 is 1.48. The number of nitrogens with zero attached hydrogens (tertiary/aromatic N) is 2. The van der Waals surface area contributed by atoms with Gasteiger partial charge >= 0.3 is 5.97 Å². The van der Waals surface area contributed by atoms with Crippen LogP contribution in [0.15, 0.2) is 24.3 Å². The van der Waals surface area contributed by atoms with Gasteiger partial charge in [0.05, 0.1) is 12.7 Å². The van der Waals surface area contributed by atoms with E-state index < -0.39 is 5.97 Å². The van der Waals surface area contributed by atoms with Crippen LogP contribution in [0.4, 0.5) is 10.7 Å². The molecule has 6 nitrogen and oxygen atoms in total. The van der Waals surface area contributed by atoms with Crippen molar-refractivity contribution in [1.82, 2.24) is 4.90 Å². The number of hydrogen-bond donors (Lipinski definition) is 1. The zero-order valence-corrected chi connectivity index (χ0v) is 17.9. The van der Waals surface area contributed by atoms with E-state index in [1.807, 2.05) is 31.1 Å². The first-order valence-corrected chi connectivity index (χ1v) is 10.2. The van der Waals surface area contributed by atoms with Gasteiger partial charge in [-0.25, -0.2) is 4.79 Å². The van der Waals surface area contributed by atoms with Gasteiger partial charge in [0.25, 0.3) is 5.91 Å². The number of anilines is 2. The topological polar surface area (TPSA) is 61.9 Å². The molecule has 1 aliphatic rings. The molecule has 1 amide bonds. The molecule has 0 spiro atoms. The fourth-order valence-corrected chi connectivity index (χ4v) is 4.61. The number of benzene rings is 1. The van der Waals surface area contributed by atoms with Crippen molar-refractivity contribution in [2.45, 2.75) is 32.9 Å². The highest BCUT2D eigenvalue weighted by molar-refractivity contribution is 7.17. The Hall–Kier alpha value is -2.38. The van der Waals surface area contributed by atoms with E-state index in [4.69, 9.17) is 4.74 Å². The number of rotatable bonds is 5. The maximum Gasteiger partial charge on any atom is 0.341 e. The van der Waals surface area contributed by atoms with E-state index in [1.54, 1.807) is 12.1 Å². The highest BCUT2D eigenvalue weighted by Crippen LogP contribution is 2.38. The van der Waals surface area contributed by atoms with Crippen molar-refractivity contribution in [3.63, 3.8) is 0 Å². The third-order valence-corrected chi connectivity index (χ3v) is 6.21. The van der Waals surface area contributed by atoms with Crippen molar-refractivity contribution in [1.29, 1.82) is 0 Å². The van der Waals surface area contributed by atoms with Gasteiger partial charge in [-0.2, -0.15) is 0 Å². The minimum Gasteiger partial charge on any atom is -0.465 e. The van der Waals surface area contributed by atoms with Crippen LogP contribution in [-0.4, -0.2) is 50.6 Å². The molecular weight excluding hydrogens is 374 g/mol. The largest absolute Gasteiger partial charge is 0.465 e. The average molecular weight is 402 g/mol. The van der Waals surface area contributed by atoms with Gasteiger partial charge in [0, 0.05) is 49.4 Å². The third kappa shape index (κ3) is 4.05. The molecule has 0 atom stereocenters. The molecule has 1 aromatic heterocycles. The van der Waals surface area contributed by atoms with Crippen molar-refractivity contribution in [2.24, 2.45) is 0 Å². The second kappa shape index (κ2) is 8.32. The molecule has 0 saturated carbocycles. The van der Waals surface area contributed by atoms with Gasteiger partial charge in [0.1, 0.15) is 5.00 Å². The van der Waals surface area contributed by atoms with Gasteiger partial charge in [-0.15, -0.1) is 11.3 Å². The quantitative estimate of drug-likeness (QED) is 0.776. The maximum atomic E-state index is 12.8. The van der Waals surface area contributed by atoms with Crippen LogP contribution in [0.25, 0.3) is 0 Å². The zero-order valence-electron chi connectivity index (χ0n) is 17.0. The van der Waals surface area contributed by atoms with Crippen LogP contribution in [0.5, 0.6) is 0 Å². The lowest BCUT2D eigenvalue weighted by Crippen LogP contribution is -2.35. The average Bonchev–Trinajstić information content (AvgIpc) is 3.04. The van der Waals surface area contributed by atoms with E-state index in [9.17, 15) is 9.59 Å². The summed E-state index contributed by atoms with van der Waals surface area (Å²) in [4.78, 5) is 30.7. The van der Waals surface area contributed by atoms with E-state index in [1.165, 1.54) is 18.4 Å². The minimum atomic E-state index is -0.395. The number of carbonyl (C=O) groups excluding carboxylic acids is 2. The normalized spacial score (nSPS) is 13.9. The molecule has 7 heteroatoms. The van der Waals surface area contributed by atoms with Gasteiger partial charge in [0.15, 0.2) is 0 Å². The standard InChI is InChI=1S/C21H27N3O3S/c1-13(2)24-11-10-16-17(12-24)28-20(18(16)21(26)27-5)22-19(25)14-6-8-15(9-7-14)23(3)4/h6-9,13H,10-12H2,1-5H3,(H,22,25). The van der Waals surface area contributed by atoms with Crippen LogP contribution in [0.2, 0.25) is 0 Å². The minimum absolute atomic E-state index is 0.227. The molecule has 0 bridgehead atoms. The Kier molecular flexibility index (Phi) is 6.05. The van der Waals surface area contributed by atoms with Crippen LogP contribution < -0.4 is 10.2 Å². The summed E-state index contributed by atoms with van der Waals surface area (Å²) in [7, 11) is 5.28. The molecule has 0 fully saturated rings. The van der Waals surface area contributed by atoms with Crippen molar-refractivity contribution < 1.29 is 14.3 Å². The Bertz CT molecular complexity index is 872. The fourth-order valence-electron chi connectivity index (χ4n) is 3.36. The number of esters is 1. The molecule has 150 valence electrons. The van der Waals surface area contributed by atoms with E-state index >= 15 is 0 Å². The van der Waals surface area contributed by atoms with Crippen LogP contribution >= 0.6 is 11.3 Å². The number of methoxy groups -OCH3 is 1. The summed E-state index contributed by atoms with van der Waals surface area (Å²) in [5, 5.41) is 3.51. The van der Waals surface area contributed by atoms with Gasteiger partial charge in [-0.1, -0.05) is 0 Å². The van der Waals surface area contributed by atoms with Crippen molar-refractivity contribution in [3.05, 3.63) is 45.8 Å². The first kappa shape index (κ1) is 20.4. The second-order valence-corrected chi connectivity index (χ2v) is 8.51. The number of fused-ring (bicyclic) bond motifs is 1. The van der Waals surface area contributed by atoms with Crippen LogP contribution in [0, 0.1) is 0 Å². The van der Waals surface area contributed by atoms with Gasteiger partial charge in [-0.3, -0.25) is 9.69 Å². The lowest BCUT2D eigenvalue weighted by molar-refractivity contribution is 0.0600. The Labute approximate surface area is 170 Å². The number of amides is 1. The fraction of sp³-hybridized carbons (Fsp3) is 0.429. The lowest BCUT2D eigenvalue weighted by Gasteiger charge is -2.30. The summed E-state index contributed by atoms with van der Waals surface area (Å²) in [6, 6.07) is 7.81. The van der Waals surface area contributed by atoms with Gasteiger partial charge in [0.2, 0.25) is 0 Å². The molecule has 28 heavy (non-hydrogen) atoms. The molecule has 1 N–H and O–H groups in total. The molecule has 0 radical (unpaired) electrons. The summed E-state index contributed by atoms with van der Waals surface area (Å²) in [5.41, 5.74) is 3.08. The summed E-state index contributed by atoms with van der Waals surface area (Å²) in [6.45, 7) is 6.01. The molecule has 0 aliphatic carbocycles. The van der Waals surface area contributed by atoms with Crippen molar-refractivity contribution in [3.8, 4) is 0 Å². The summed E-state index contributed by atoms with van der Waals surface area (Å²) < 4.78 is 5.00. The highest BCUT2D eigenvalue weighted by atomic mass is 32.1. The number of nitrogens with one attached hydrogen (secondary N) is 1. The Morgan fingerprint density at radius 3 is 2.46 bits per heavy atom. The van der Waals surface area contributed by atoms with E-state index in [-0.39, 0.29) is 5.91 Å². The van der Waals surface area contributed by atoms with Crippen LogP contribution in [0.3, 0.4) is 0 Å². The second-order valence-electron chi connectivity index (χ2n) is 7.41. The first-order chi connectivity index (χ1) is 13.3. The van der Waals surface area contributed by atoms with E-state index in [2.05, 4.69) is 24.1 Å². The third-order valence-electron chi connectivity index (χ3n) is 5.08. The van der Waals surface area contributed by atoms with Gasteiger partial charge in [-0.05, 0) is 50.1 Å². The Balaban J connectivity index is 1.88. The number of ether oxygens (including phenoxy) is 1. The number of carbonyl (C=O) groups is 2. The predicted octanol–water partition coefficient (Wildman–Crippen LogP) is 3.62. The molecule has 2 aromatic rings. The summed E-state index contributed by atoms with van der Waals surface area (Å²) in [6.07, 6.45) is 0.780. The zero-order chi connectivity index (χ0) is 20.4. The Morgan fingerprint density at radius 2 is 1.89 bits per heavy atom. The number of hydrogen-bond acceptors (Lipinski definition) is 6. The maximum absolute atomic E-state index is 12.8. The number of thiophene rings is 1. The van der Waals surface area contributed by atoms with Crippen molar-refractivity contribution >= 4 is 33.9 Å². The molecule has 1 aromatic carbocycles. The molecule has 3 rings (SSSR count). The predicted molar refractivity (Wildman–Crippen MR) is 114 cm³/mol.